The number of fused-ring (bicyclic) bond motifs is 1. The third-order valence-electron chi connectivity index (χ3n) is 11.2. The van der Waals surface area contributed by atoms with Crippen molar-refractivity contribution in [3.05, 3.63) is 228 Å². The second-order valence-electron chi connectivity index (χ2n) is 14.9. The fourth-order valence-corrected chi connectivity index (χ4v) is 8.46. The Kier molecular flexibility index (Phi) is 10.6. The van der Waals surface area contributed by atoms with E-state index in [1.165, 1.54) is 6.33 Å². The largest absolute Gasteiger partial charge is 0.387 e. The molecular formula is C50H45N5O4. The molecule has 0 unspecified atom stereocenters. The van der Waals surface area contributed by atoms with Crippen LogP contribution in [0.2, 0.25) is 0 Å². The topological polar surface area (TPSA) is 94.8 Å². The average Bonchev–Trinajstić information content (AvgIpc) is 3.87. The van der Waals surface area contributed by atoms with Crippen molar-refractivity contribution < 1.29 is 19.3 Å². The maximum absolute atomic E-state index is 12.8. The SMILES string of the molecule is CN(C)c1ncnc2c1ncn2[C@@H]1O[C@H](COC(c2ccccc2)(c2ccccc2)c2ccccc2)[C@@H](O)[C@H]1OC(c1ccccc1)(c1ccccc1)c1ccccc1. The molecule has 4 atom stereocenters. The summed E-state index contributed by atoms with van der Waals surface area (Å²) in [4.78, 5) is 15.9. The van der Waals surface area contributed by atoms with Gasteiger partial charge in [-0.25, -0.2) is 15.0 Å². The molecule has 0 radical (unpaired) electrons. The number of aliphatic hydroxyl groups is 1. The molecule has 1 saturated heterocycles. The van der Waals surface area contributed by atoms with Crippen LogP contribution < -0.4 is 4.90 Å². The number of benzene rings is 6. The van der Waals surface area contributed by atoms with Gasteiger partial charge in [0, 0.05) is 14.1 Å². The Labute approximate surface area is 344 Å². The van der Waals surface area contributed by atoms with Gasteiger partial charge in [-0.3, -0.25) is 4.57 Å². The molecule has 0 spiro atoms. The van der Waals surface area contributed by atoms with E-state index in [-0.39, 0.29) is 6.61 Å². The maximum Gasteiger partial charge on any atom is 0.167 e. The summed E-state index contributed by atoms with van der Waals surface area (Å²) in [7, 11) is 3.84. The van der Waals surface area contributed by atoms with Gasteiger partial charge in [-0.1, -0.05) is 182 Å². The molecule has 1 aliphatic heterocycles. The predicted octanol–water partition coefficient (Wildman–Crippen LogP) is 8.54. The van der Waals surface area contributed by atoms with Crippen LogP contribution in [0.5, 0.6) is 0 Å². The van der Waals surface area contributed by atoms with E-state index in [1.54, 1.807) is 6.33 Å². The van der Waals surface area contributed by atoms with Gasteiger partial charge in [-0.05, 0) is 33.4 Å². The lowest BCUT2D eigenvalue weighted by Gasteiger charge is -2.40. The van der Waals surface area contributed by atoms with Gasteiger partial charge in [-0.15, -0.1) is 0 Å². The number of ether oxygens (including phenoxy) is 3. The lowest BCUT2D eigenvalue weighted by atomic mass is 9.79. The molecule has 3 heterocycles. The van der Waals surface area contributed by atoms with Crippen molar-refractivity contribution in [1.29, 1.82) is 0 Å². The molecule has 0 bridgehead atoms. The van der Waals surface area contributed by atoms with Crippen LogP contribution in [-0.2, 0) is 25.4 Å². The van der Waals surface area contributed by atoms with Crippen molar-refractivity contribution >= 4 is 17.0 Å². The van der Waals surface area contributed by atoms with Crippen LogP contribution >= 0.6 is 0 Å². The normalized spacial score (nSPS) is 18.2. The second-order valence-corrected chi connectivity index (χ2v) is 14.9. The highest BCUT2D eigenvalue weighted by molar-refractivity contribution is 5.83. The Morgan fingerprint density at radius 1 is 0.576 bits per heavy atom. The molecule has 0 saturated carbocycles. The van der Waals surface area contributed by atoms with Crippen LogP contribution in [0.15, 0.2) is 195 Å². The Morgan fingerprint density at radius 3 is 1.39 bits per heavy atom. The molecule has 1 fully saturated rings. The van der Waals surface area contributed by atoms with Crippen LogP contribution in [0.4, 0.5) is 5.82 Å². The molecule has 9 heteroatoms. The molecule has 6 aromatic carbocycles. The molecule has 2 aromatic heterocycles. The van der Waals surface area contributed by atoms with E-state index in [9.17, 15) is 5.11 Å². The third-order valence-corrected chi connectivity index (χ3v) is 11.2. The summed E-state index contributed by atoms with van der Waals surface area (Å²) in [6.45, 7) is 0.00970. The molecule has 59 heavy (non-hydrogen) atoms. The monoisotopic (exact) mass is 779 g/mol. The fraction of sp³-hybridized carbons (Fsp3) is 0.180. The van der Waals surface area contributed by atoms with Crippen molar-refractivity contribution in [3.8, 4) is 0 Å². The first kappa shape index (κ1) is 38.1. The van der Waals surface area contributed by atoms with Gasteiger partial charge in [-0.2, -0.15) is 0 Å². The first-order valence-corrected chi connectivity index (χ1v) is 19.8. The molecule has 294 valence electrons. The van der Waals surface area contributed by atoms with Gasteiger partial charge >= 0.3 is 0 Å². The first-order valence-electron chi connectivity index (χ1n) is 19.8. The summed E-state index contributed by atoms with van der Waals surface area (Å²) < 4.78 is 23.8. The Morgan fingerprint density at radius 2 is 0.983 bits per heavy atom. The molecule has 0 aliphatic carbocycles. The smallest absolute Gasteiger partial charge is 0.167 e. The summed E-state index contributed by atoms with van der Waals surface area (Å²) in [6.07, 6.45) is -0.659. The number of rotatable bonds is 13. The Balaban J connectivity index is 1.20. The summed E-state index contributed by atoms with van der Waals surface area (Å²) in [5, 5.41) is 12.8. The Hall–Kier alpha value is -6.49. The highest BCUT2D eigenvalue weighted by atomic mass is 16.6. The van der Waals surface area contributed by atoms with Crippen molar-refractivity contribution in [2.45, 2.75) is 35.7 Å². The van der Waals surface area contributed by atoms with Crippen LogP contribution in [-0.4, -0.2) is 63.6 Å². The first-order chi connectivity index (χ1) is 29.0. The zero-order valence-electron chi connectivity index (χ0n) is 32.9. The summed E-state index contributed by atoms with van der Waals surface area (Å²) in [6, 6.07) is 61.0. The van der Waals surface area contributed by atoms with Crippen LogP contribution in [0, 0.1) is 0 Å². The van der Waals surface area contributed by atoms with E-state index in [0.29, 0.717) is 17.0 Å². The number of aromatic nitrogens is 4. The van der Waals surface area contributed by atoms with Gasteiger partial charge in [0.1, 0.15) is 35.8 Å². The van der Waals surface area contributed by atoms with Crippen LogP contribution in [0.1, 0.15) is 39.6 Å². The molecule has 9 nitrogen and oxygen atoms in total. The lowest BCUT2D eigenvalue weighted by Crippen LogP contribution is -2.45. The van der Waals surface area contributed by atoms with E-state index in [0.717, 1.165) is 33.4 Å². The molecule has 1 aliphatic rings. The van der Waals surface area contributed by atoms with Gasteiger partial charge in [0.25, 0.3) is 0 Å². The maximum atomic E-state index is 12.8. The highest BCUT2D eigenvalue weighted by Crippen LogP contribution is 2.47. The van der Waals surface area contributed by atoms with Crippen molar-refractivity contribution in [3.63, 3.8) is 0 Å². The lowest BCUT2D eigenvalue weighted by molar-refractivity contribution is -0.122. The van der Waals surface area contributed by atoms with Crippen LogP contribution in [0.25, 0.3) is 11.2 Å². The molecule has 8 aromatic rings. The fourth-order valence-electron chi connectivity index (χ4n) is 8.46. The predicted molar refractivity (Wildman–Crippen MR) is 229 cm³/mol. The number of imidazole rings is 1. The minimum atomic E-state index is -1.18. The number of hydrogen-bond acceptors (Lipinski definition) is 8. The van der Waals surface area contributed by atoms with Crippen molar-refractivity contribution in [2.24, 2.45) is 0 Å². The minimum absolute atomic E-state index is 0.00970. The molecule has 0 amide bonds. The van der Waals surface area contributed by atoms with Crippen molar-refractivity contribution in [2.75, 3.05) is 25.6 Å². The number of nitrogens with zero attached hydrogens (tertiary/aromatic N) is 5. The summed E-state index contributed by atoms with van der Waals surface area (Å²) >= 11 is 0. The van der Waals surface area contributed by atoms with E-state index in [2.05, 4.69) is 77.8 Å². The minimum Gasteiger partial charge on any atom is -0.387 e. The van der Waals surface area contributed by atoms with Gasteiger partial charge in [0.05, 0.1) is 12.9 Å². The van der Waals surface area contributed by atoms with E-state index in [1.807, 2.05) is 133 Å². The average molecular weight is 780 g/mol. The van der Waals surface area contributed by atoms with Gasteiger partial charge in [0.2, 0.25) is 0 Å². The van der Waals surface area contributed by atoms with Crippen molar-refractivity contribution in [1.82, 2.24) is 19.5 Å². The Bertz CT molecular complexity index is 2380. The van der Waals surface area contributed by atoms with E-state index < -0.39 is 35.7 Å². The number of aliphatic hydroxyl groups excluding tert-OH is 1. The quantitative estimate of drug-likeness (QED) is 0.117. The number of anilines is 1. The van der Waals surface area contributed by atoms with Gasteiger partial charge < -0.3 is 24.2 Å². The molecule has 1 N–H and O–H groups in total. The van der Waals surface area contributed by atoms with Crippen LogP contribution in [0.3, 0.4) is 0 Å². The zero-order chi connectivity index (χ0) is 40.2. The van der Waals surface area contributed by atoms with Gasteiger partial charge in [0.15, 0.2) is 23.2 Å². The standard InChI is InChI=1S/C50H45N5O4/c1-54(2)46-43-47(52-34-51-46)55(35-53-43)48-45(59-50(39-27-15-6-16-28-39,40-29-17-7-18-30-40)41-31-19-8-20-32-41)44(56)42(58-48)33-57-49(36-21-9-3-10-22-36,37-23-11-4-12-24-37)38-25-13-5-14-26-38/h3-32,34-35,42,44-45,48,56H,33H2,1-2H3/t42-,44-,45-,48-/m1/s1. The summed E-state index contributed by atoms with van der Waals surface area (Å²) in [5.74, 6) is 0.662. The van der Waals surface area contributed by atoms with E-state index in [4.69, 9.17) is 24.2 Å². The zero-order valence-corrected chi connectivity index (χ0v) is 32.9. The number of hydrogen-bond donors (Lipinski definition) is 1. The molecular weight excluding hydrogens is 735 g/mol. The highest BCUT2D eigenvalue weighted by Gasteiger charge is 2.52. The second kappa shape index (κ2) is 16.4. The summed E-state index contributed by atoms with van der Waals surface area (Å²) in [5.41, 5.74) is 4.45. The molecule has 9 rings (SSSR count). The van der Waals surface area contributed by atoms with E-state index >= 15 is 0 Å². The third kappa shape index (κ3) is 6.88.